The maximum Gasteiger partial charge on any atom is 0.255 e. The van der Waals surface area contributed by atoms with Gasteiger partial charge in [-0.3, -0.25) is 14.6 Å². The lowest BCUT2D eigenvalue weighted by Crippen LogP contribution is -2.40. The molecule has 7 heteroatoms. The van der Waals surface area contributed by atoms with Crippen LogP contribution in [0.15, 0.2) is 54.7 Å². The number of anilines is 1. The first-order valence-electron chi connectivity index (χ1n) is 12.9. The maximum atomic E-state index is 13.1. The third kappa shape index (κ3) is 6.09. The van der Waals surface area contributed by atoms with Crippen molar-refractivity contribution in [2.75, 3.05) is 25.6 Å². The number of nitriles is 1. The van der Waals surface area contributed by atoms with Crippen LogP contribution in [-0.4, -0.2) is 48.0 Å². The van der Waals surface area contributed by atoms with Gasteiger partial charge in [0.25, 0.3) is 11.8 Å². The topological polar surface area (TPSA) is 95.3 Å². The molecule has 1 aliphatic heterocycles. The molecule has 2 heterocycles. The molecule has 3 aromatic rings. The average molecular weight is 511 g/mol. The van der Waals surface area contributed by atoms with Crippen molar-refractivity contribution < 1.29 is 14.3 Å². The van der Waals surface area contributed by atoms with Gasteiger partial charge >= 0.3 is 0 Å². The summed E-state index contributed by atoms with van der Waals surface area (Å²) in [6.45, 7) is 9.41. The van der Waals surface area contributed by atoms with Crippen LogP contribution in [0.3, 0.4) is 0 Å². The number of benzene rings is 2. The molecule has 0 unspecified atom stereocenters. The van der Waals surface area contributed by atoms with Crippen LogP contribution in [0.2, 0.25) is 0 Å². The van der Waals surface area contributed by atoms with Gasteiger partial charge in [0.2, 0.25) is 0 Å². The fourth-order valence-electron chi connectivity index (χ4n) is 4.59. The highest BCUT2D eigenvalue weighted by atomic mass is 16.5. The fourth-order valence-corrected chi connectivity index (χ4v) is 4.59. The summed E-state index contributed by atoms with van der Waals surface area (Å²) in [6.07, 6.45) is 3.32. The number of carbonyl (C=O) groups is 2. The highest BCUT2D eigenvalue weighted by Crippen LogP contribution is 2.28. The zero-order chi connectivity index (χ0) is 27.4. The lowest BCUT2D eigenvalue weighted by atomic mass is 9.85. The minimum atomic E-state index is -0.304. The molecule has 1 N–H and O–H groups in total. The summed E-state index contributed by atoms with van der Waals surface area (Å²) in [6, 6.07) is 16.9. The summed E-state index contributed by atoms with van der Waals surface area (Å²) in [5, 5.41) is 12.4. The first-order valence-corrected chi connectivity index (χ1v) is 12.9. The minimum Gasteiger partial charge on any atom is -0.381 e. The molecule has 2 amide bonds. The number of aromatic nitrogens is 1. The number of aryl methyl sites for hydroxylation is 1. The van der Waals surface area contributed by atoms with E-state index in [1.807, 2.05) is 82.1 Å². The number of nitrogens with zero attached hydrogens (tertiary/aromatic N) is 3. The van der Waals surface area contributed by atoms with Gasteiger partial charge in [0, 0.05) is 48.7 Å². The van der Waals surface area contributed by atoms with E-state index in [1.165, 1.54) is 0 Å². The first kappa shape index (κ1) is 27.0. The van der Waals surface area contributed by atoms with E-state index in [0.29, 0.717) is 35.6 Å². The second-order valence-corrected chi connectivity index (χ2v) is 10.8. The molecule has 7 nitrogen and oxygen atoms in total. The Morgan fingerprint density at radius 1 is 1.05 bits per heavy atom. The molecule has 1 saturated heterocycles. The molecule has 0 saturated carbocycles. The van der Waals surface area contributed by atoms with Crippen LogP contribution in [0, 0.1) is 18.3 Å². The molecule has 196 valence electrons. The van der Waals surface area contributed by atoms with E-state index < -0.39 is 0 Å². The second-order valence-electron chi connectivity index (χ2n) is 10.8. The normalized spacial score (nSPS) is 14.0. The van der Waals surface area contributed by atoms with Crippen LogP contribution < -0.4 is 5.32 Å². The van der Waals surface area contributed by atoms with Gasteiger partial charge < -0.3 is 15.0 Å². The smallest absolute Gasteiger partial charge is 0.255 e. The van der Waals surface area contributed by atoms with E-state index in [9.17, 15) is 14.9 Å². The van der Waals surface area contributed by atoms with Gasteiger partial charge in [-0.15, -0.1) is 0 Å². The molecular formula is C31H34N4O3. The summed E-state index contributed by atoms with van der Waals surface area (Å²) in [4.78, 5) is 32.4. The molecule has 38 heavy (non-hydrogen) atoms. The highest BCUT2D eigenvalue weighted by molar-refractivity contribution is 6.05. The van der Waals surface area contributed by atoms with Gasteiger partial charge in [0.1, 0.15) is 0 Å². The second kappa shape index (κ2) is 11.2. The molecular weight excluding hydrogens is 476 g/mol. The fraction of sp³-hybridized carbons (Fsp3) is 0.355. The Morgan fingerprint density at radius 2 is 1.74 bits per heavy atom. The molecule has 4 rings (SSSR count). The molecule has 0 spiro atoms. The number of rotatable bonds is 5. The number of hydrogen-bond acceptors (Lipinski definition) is 5. The largest absolute Gasteiger partial charge is 0.381 e. The van der Waals surface area contributed by atoms with Gasteiger partial charge in [0.15, 0.2) is 0 Å². The van der Waals surface area contributed by atoms with Gasteiger partial charge in [-0.2, -0.15) is 5.26 Å². The van der Waals surface area contributed by atoms with Crippen molar-refractivity contribution in [1.29, 1.82) is 5.26 Å². The summed E-state index contributed by atoms with van der Waals surface area (Å²) >= 11 is 0. The monoisotopic (exact) mass is 510 g/mol. The highest BCUT2D eigenvalue weighted by Gasteiger charge is 2.23. The average Bonchev–Trinajstić information content (AvgIpc) is 2.93. The van der Waals surface area contributed by atoms with E-state index in [2.05, 4.69) is 16.4 Å². The van der Waals surface area contributed by atoms with Crippen molar-refractivity contribution in [1.82, 2.24) is 9.88 Å². The van der Waals surface area contributed by atoms with E-state index in [4.69, 9.17) is 4.74 Å². The van der Waals surface area contributed by atoms with Crippen molar-refractivity contribution in [3.8, 4) is 17.2 Å². The molecule has 0 bridgehead atoms. The molecule has 1 aliphatic rings. The SMILES string of the molecule is Cc1ncc(NC(=O)c2cc(C#N)cc(C(C)(C)C)c2)cc1-c1ccc(C(=O)N(C)C2CCOCC2)cc1. The van der Waals surface area contributed by atoms with Gasteiger partial charge in [-0.25, -0.2) is 0 Å². The summed E-state index contributed by atoms with van der Waals surface area (Å²) in [7, 11) is 1.85. The zero-order valence-electron chi connectivity index (χ0n) is 22.7. The van der Waals surface area contributed by atoms with Crippen molar-refractivity contribution in [3.63, 3.8) is 0 Å². The quantitative estimate of drug-likeness (QED) is 0.473. The van der Waals surface area contributed by atoms with Crippen LogP contribution in [0.4, 0.5) is 5.69 Å². The summed E-state index contributed by atoms with van der Waals surface area (Å²) < 4.78 is 5.42. The van der Waals surface area contributed by atoms with Gasteiger partial charge in [0.05, 0.1) is 23.5 Å². The molecule has 0 radical (unpaired) electrons. The van der Waals surface area contributed by atoms with Gasteiger partial charge in [-0.1, -0.05) is 32.9 Å². The van der Waals surface area contributed by atoms with Crippen LogP contribution >= 0.6 is 0 Å². The molecule has 0 aliphatic carbocycles. The number of nitrogens with one attached hydrogen (secondary N) is 1. The molecule has 1 aromatic heterocycles. The third-order valence-corrected chi connectivity index (χ3v) is 7.04. The Labute approximate surface area is 224 Å². The molecule has 0 atom stereocenters. The maximum absolute atomic E-state index is 13.1. The van der Waals surface area contributed by atoms with Crippen LogP contribution in [-0.2, 0) is 10.2 Å². The Bertz CT molecular complexity index is 1380. The van der Waals surface area contributed by atoms with E-state index in [0.717, 1.165) is 35.2 Å². The summed E-state index contributed by atoms with van der Waals surface area (Å²) in [5.74, 6) is -0.310. The number of pyridine rings is 1. The van der Waals surface area contributed by atoms with Crippen LogP contribution in [0.25, 0.3) is 11.1 Å². The van der Waals surface area contributed by atoms with Crippen LogP contribution in [0.1, 0.15) is 71.1 Å². The first-order chi connectivity index (χ1) is 18.1. The van der Waals surface area contributed by atoms with E-state index in [-0.39, 0.29) is 23.3 Å². The predicted molar refractivity (Wildman–Crippen MR) is 148 cm³/mol. The standard InChI is InChI=1S/C31H34N4O3/c1-20-28(22-6-8-23(9-7-22)30(37)35(5)27-10-12-38-13-11-27)17-26(19-33-20)34-29(36)24-14-21(18-32)15-25(16-24)31(2,3)4/h6-9,14-17,19,27H,10-13H2,1-5H3,(H,34,36). The number of amides is 2. The summed E-state index contributed by atoms with van der Waals surface area (Å²) in [5.41, 5.74) is 5.34. The third-order valence-electron chi connectivity index (χ3n) is 7.04. The van der Waals surface area contributed by atoms with E-state index in [1.54, 1.807) is 12.3 Å². The van der Waals surface area contributed by atoms with Crippen molar-refractivity contribution >= 4 is 17.5 Å². The number of ether oxygens (including phenoxy) is 1. The number of carbonyl (C=O) groups excluding carboxylic acids is 2. The Balaban J connectivity index is 1.53. The van der Waals surface area contributed by atoms with Crippen LogP contribution in [0.5, 0.6) is 0 Å². The zero-order valence-corrected chi connectivity index (χ0v) is 22.7. The Hall–Kier alpha value is -4.02. The van der Waals surface area contributed by atoms with Crippen molar-refractivity contribution in [3.05, 3.63) is 82.7 Å². The van der Waals surface area contributed by atoms with Crippen molar-refractivity contribution in [2.24, 2.45) is 0 Å². The Morgan fingerprint density at radius 3 is 2.37 bits per heavy atom. The van der Waals surface area contributed by atoms with Crippen molar-refractivity contribution in [2.45, 2.75) is 52.0 Å². The molecule has 1 fully saturated rings. The Kier molecular flexibility index (Phi) is 7.94. The number of hydrogen-bond donors (Lipinski definition) is 1. The lowest BCUT2D eigenvalue weighted by Gasteiger charge is -2.31. The molecule has 2 aromatic carbocycles. The minimum absolute atomic E-state index is 0.00598. The van der Waals surface area contributed by atoms with Gasteiger partial charge in [-0.05, 0) is 72.7 Å². The van der Waals surface area contributed by atoms with E-state index >= 15 is 0 Å². The lowest BCUT2D eigenvalue weighted by molar-refractivity contribution is 0.0362. The predicted octanol–water partition coefficient (Wildman–Crippen LogP) is 5.73.